The van der Waals surface area contributed by atoms with Gasteiger partial charge < -0.3 is 0 Å². The topological polar surface area (TPSA) is 46.5 Å². The Kier molecular flexibility index (Phi) is 6.76. The summed E-state index contributed by atoms with van der Waals surface area (Å²) < 4.78 is 0. The lowest BCUT2D eigenvalue weighted by Crippen LogP contribution is -2.42. The highest BCUT2D eigenvalue weighted by Crippen LogP contribution is 2.35. The second-order valence-electron chi connectivity index (χ2n) is 7.56. The summed E-state index contributed by atoms with van der Waals surface area (Å²) in [7, 11) is 0. The van der Waals surface area contributed by atoms with Crippen LogP contribution in [0.3, 0.4) is 0 Å². The third kappa shape index (κ3) is 5.72. The Hall–Kier alpha value is -0.990. The van der Waals surface area contributed by atoms with Crippen molar-refractivity contribution in [1.82, 2.24) is 0 Å². The summed E-state index contributed by atoms with van der Waals surface area (Å²) in [4.78, 5) is 29.5. The third-order valence-corrected chi connectivity index (χ3v) is 3.98. The summed E-state index contributed by atoms with van der Waals surface area (Å²) in [6, 6.07) is 0. The van der Waals surface area contributed by atoms with Gasteiger partial charge in [0.05, 0.1) is 0 Å². The quantitative estimate of drug-likeness (QED) is 0.400. The molecule has 1 saturated carbocycles. The highest BCUT2D eigenvalue weighted by atomic mass is 16.2. The lowest BCUT2D eigenvalue weighted by atomic mass is 9.69. The molecule has 0 aromatic rings. The number of ketones is 2. The molecule has 0 radical (unpaired) electrons. The van der Waals surface area contributed by atoms with Crippen molar-refractivity contribution in [2.75, 3.05) is 6.54 Å². The van der Waals surface area contributed by atoms with Crippen molar-refractivity contribution in [2.24, 2.45) is 22.2 Å². The molecule has 0 aliphatic heterocycles. The van der Waals surface area contributed by atoms with Gasteiger partial charge in [0.25, 0.3) is 0 Å². The number of Topliss-reactive ketones (excluding diaryl/α,β-unsaturated/α-hetero) is 2. The van der Waals surface area contributed by atoms with Crippen molar-refractivity contribution >= 4 is 17.3 Å². The highest BCUT2D eigenvalue weighted by molar-refractivity contribution is 6.22. The standard InChI is InChI=1S/C18H31NO2/c1-6-7-8-9-19-14(10-13(2)3)17-15(20)11-18(4,5)12-16(17)21/h13,17H,6-12H2,1-5H3. The average Bonchev–Trinajstić information content (AvgIpc) is 2.31. The van der Waals surface area contributed by atoms with Crippen LogP contribution in [0.2, 0.25) is 0 Å². The van der Waals surface area contributed by atoms with Crippen LogP contribution in [-0.2, 0) is 9.59 Å². The van der Waals surface area contributed by atoms with Crippen molar-refractivity contribution in [3.05, 3.63) is 0 Å². The first-order chi connectivity index (χ1) is 9.76. The molecule has 1 aliphatic carbocycles. The number of nitrogens with zero attached hydrogens (tertiary/aromatic N) is 1. The molecule has 0 heterocycles. The molecule has 0 saturated heterocycles. The van der Waals surface area contributed by atoms with Gasteiger partial charge in [-0.1, -0.05) is 47.5 Å². The third-order valence-electron chi connectivity index (χ3n) is 3.98. The molecule has 1 aliphatic rings. The van der Waals surface area contributed by atoms with Crippen molar-refractivity contribution < 1.29 is 9.59 Å². The lowest BCUT2D eigenvalue weighted by Gasteiger charge is -2.33. The van der Waals surface area contributed by atoms with Crippen LogP contribution in [0.15, 0.2) is 4.99 Å². The molecule has 21 heavy (non-hydrogen) atoms. The largest absolute Gasteiger partial charge is 0.298 e. The van der Waals surface area contributed by atoms with E-state index >= 15 is 0 Å². The first-order valence-electron chi connectivity index (χ1n) is 8.35. The number of aliphatic imine (C=N–C) groups is 1. The Bertz CT molecular complexity index is 387. The van der Waals surface area contributed by atoms with Crippen molar-refractivity contribution in [3.63, 3.8) is 0 Å². The maximum Gasteiger partial charge on any atom is 0.149 e. The zero-order valence-corrected chi connectivity index (χ0v) is 14.4. The molecule has 0 spiro atoms. The average molecular weight is 293 g/mol. The van der Waals surface area contributed by atoms with Gasteiger partial charge in [-0.05, 0) is 24.2 Å². The minimum atomic E-state index is -0.554. The van der Waals surface area contributed by atoms with E-state index in [1.807, 2.05) is 13.8 Å². The molecule has 0 N–H and O–H groups in total. The van der Waals surface area contributed by atoms with E-state index in [0.29, 0.717) is 18.8 Å². The van der Waals surface area contributed by atoms with Crippen molar-refractivity contribution in [2.45, 2.75) is 73.1 Å². The van der Waals surface area contributed by atoms with Gasteiger partial charge in [-0.2, -0.15) is 0 Å². The van der Waals surface area contributed by atoms with Crippen molar-refractivity contribution in [1.29, 1.82) is 0 Å². The monoisotopic (exact) mass is 293 g/mol. The predicted octanol–water partition coefficient (Wildman–Crippen LogP) is 4.24. The number of hydrogen-bond acceptors (Lipinski definition) is 3. The smallest absolute Gasteiger partial charge is 0.149 e. The first kappa shape index (κ1) is 18.1. The summed E-state index contributed by atoms with van der Waals surface area (Å²) in [5.74, 6) is 0.0183. The fraction of sp³-hybridized carbons (Fsp3) is 0.833. The minimum absolute atomic E-state index is 0.0751. The second-order valence-corrected chi connectivity index (χ2v) is 7.56. The number of hydrogen-bond donors (Lipinski definition) is 0. The summed E-state index contributed by atoms with van der Waals surface area (Å²) in [6.07, 6.45) is 5.10. The Morgan fingerprint density at radius 2 is 1.76 bits per heavy atom. The molecule has 0 unspecified atom stereocenters. The van der Waals surface area contributed by atoms with Crippen LogP contribution in [0.1, 0.15) is 73.1 Å². The molecule has 1 rings (SSSR count). The van der Waals surface area contributed by atoms with Gasteiger partial charge in [0, 0.05) is 25.1 Å². The first-order valence-corrected chi connectivity index (χ1v) is 8.35. The molecule has 0 aromatic carbocycles. The van der Waals surface area contributed by atoms with Gasteiger partial charge >= 0.3 is 0 Å². The van der Waals surface area contributed by atoms with Gasteiger partial charge in [0.1, 0.15) is 17.5 Å². The Morgan fingerprint density at radius 1 is 1.19 bits per heavy atom. The molecule has 0 atom stereocenters. The van der Waals surface area contributed by atoms with E-state index in [4.69, 9.17) is 0 Å². The van der Waals surface area contributed by atoms with E-state index in [1.54, 1.807) is 0 Å². The normalized spacial score (nSPS) is 20.4. The van der Waals surface area contributed by atoms with E-state index in [-0.39, 0.29) is 17.0 Å². The van der Waals surface area contributed by atoms with Crippen LogP contribution in [0.4, 0.5) is 0 Å². The number of carbonyl (C=O) groups excluding carboxylic acids is 2. The number of unbranched alkanes of at least 4 members (excludes halogenated alkanes) is 2. The second kappa shape index (κ2) is 7.86. The zero-order chi connectivity index (χ0) is 16.0. The number of rotatable bonds is 7. The fourth-order valence-electron chi connectivity index (χ4n) is 3.04. The van der Waals surface area contributed by atoms with Crippen LogP contribution >= 0.6 is 0 Å². The molecular formula is C18H31NO2. The fourth-order valence-corrected chi connectivity index (χ4v) is 3.04. The molecule has 0 bridgehead atoms. The maximum absolute atomic E-state index is 12.4. The van der Waals surface area contributed by atoms with Crippen molar-refractivity contribution in [3.8, 4) is 0 Å². The molecular weight excluding hydrogens is 262 g/mol. The van der Waals surface area contributed by atoms with Crippen LogP contribution in [0.5, 0.6) is 0 Å². The molecule has 3 nitrogen and oxygen atoms in total. The molecule has 120 valence electrons. The molecule has 3 heteroatoms. The summed E-state index contributed by atoms with van der Waals surface area (Å²) in [5.41, 5.74) is 0.655. The van der Waals surface area contributed by atoms with E-state index < -0.39 is 5.92 Å². The van der Waals surface area contributed by atoms with E-state index in [1.165, 1.54) is 0 Å². The minimum Gasteiger partial charge on any atom is -0.298 e. The van der Waals surface area contributed by atoms with Crippen LogP contribution in [0, 0.1) is 17.3 Å². The zero-order valence-electron chi connectivity index (χ0n) is 14.4. The van der Waals surface area contributed by atoms with E-state index in [0.717, 1.165) is 37.9 Å². The molecule has 1 fully saturated rings. The summed E-state index contributed by atoms with van der Waals surface area (Å²) in [6.45, 7) is 11.1. The van der Waals surface area contributed by atoms with E-state index in [9.17, 15) is 9.59 Å². The van der Waals surface area contributed by atoms with Gasteiger partial charge in [0.15, 0.2) is 0 Å². The van der Waals surface area contributed by atoms with Crippen LogP contribution in [0.25, 0.3) is 0 Å². The molecule has 0 amide bonds. The Morgan fingerprint density at radius 3 is 2.24 bits per heavy atom. The predicted molar refractivity (Wildman–Crippen MR) is 87.8 cm³/mol. The SMILES string of the molecule is CCCCCN=C(CC(C)C)C1C(=O)CC(C)(C)CC1=O. The Balaban J connectivity index is 2.86. The highest BCUT2D eigenvalue weighted by Gasteiger charge is 2.41. The lowest BCUT2D eigenvalue weighted by molar-refractivity contribution is -0.136. The van der Waals surface area contributed by atoms with Gasteiger partial charge in [-0.3, -0.25) is 14.6 Å². The van der Waals surface area contributed by atoms with Crippen LogP contribution in [-0.4, -0.2) is 23.8 Å². The van der Waals surface area contributed by atoms with Gasteiger partial charge in [-0.15, -0.1) is 0 Å². The van der Waals surface area contributed by atoms with E-state index in [2.05, 4.69) is 25.8 Å². The number of carbonyl (C=O) groups is 2. The van der Waals surface area contributed by atoms with Crippen LogP contribution < -0.4 is 0 Å². The summed E-state index contributed by atoms with van der Waals surface area (Å²) >= 11 is 0. The van der Waals surface area contributed by atoms with Gasteiger partial charge in [-0.25, -0.2) is 0 Å². The molecule has 0 aromatic heterocycles. The maximum atomic E-state index is 12.4. The van der Waals surface area contributed by atoms with Gasteiger partial charge in [0.2, 0.25) is 0 Å². The summed E-state index contributed by atoms with van der Waals surface area (Å²) in [5, 5.41) is 0. The Labute approximate surface area is 129 Å².